The molecule has 1 aliphatic rings. The fourth-order valence-corrected chi connectivity index (χ4v) is 4.85. The number of rotatable bonds is 5. The molecule has 0 radical (unpaired) electrons. The maximum Gasteiger partial charge on any atom is 0.435 e. The Kier molecular flexibility index (Phi) is 6.10. The minimum atomic E-state index is -4.64. The van der Waals surface area contributed by atoms with E-state index in [1.807, 2.05) is 42.2 Å². The zero-order chi connectivity index (χ0) is 28.2. The number of carbonyl (C=O) groups excluding carboxylic acids is 1. The van der Waals surface area contributed by atoms with Crippen LogP contribution >= 0.6 is 0 Å². The Morgan fingerprint density at radius 1 is 1.07 bits per heavy atom. The summed E-state index contributed by atoms with van der Waals surface area (Å²) in [4.78, 5) is 23.5. The van der Waals surface area contributed by atoms with E-state index in [1.165, 1.54) is 11.6 Å². The third-order valence-electron chi connectivity index (χ3n) is 6.82. The molecule has 0 saturated heterocycles. The van der Waals surface area contributed by atoms with Crippen molar-refractivity contribution < 1.29 is 18.0 Å². The second-order valence-electron chi connectivity index (χ2n) is 9.77. The summed E-state index contributed by atoms with van der Waals surface area (Å²) in [6, 6.07) is 12.4. The van der Waals surface area contributed by atoms with Crippen LogP contribution in [0.5, 0.6) is 0 Å². The van der Waals surface area contributed by atoms with Crippen molar-refractivity contribution in [2.45, 2.75) is 33.0 Å². The monoisotopic (exact) mass is 547 g/mol. The number of ketones is 1. The van der Waals surface area contributed by atoms with Crippen LogP contribution < -0.4 is 5.32 Å². The van der Waals surface area contributed by atoms with Crippen LogP contribution in [0.2, 0.25) is 0 Å². The zero-order valence-corrected chi connectivity index (χ0v) is 21.9. The average molecular weight is 548 g/mol. The van der Waals surface area contributed by atoms with Crippen LogP contribution in [0, 0.1) is 6.92 Å². The number of anilines is 2. The summed E-state index contributed by atoms with van der Waals surface area (Å²) in [5, 5.41) is 15.3. The van der Waals surface area contributed by atoms with Crippen molar-refractivity contribution in [3.05, 3.63) is 77.0 Å². The molecule has 0 fully saturated rings. The summed E-state index contributed by atoms with van der Waals surface area (Å²) in [6.07, 6.45) is -2.72. The molecule has 0 atom stereocenters. The van der Waals surface area contributed by atoms with Gasteiger partial charge < -0.3 is 10.2 Å². The zero-order valence-electron chi connectivity index (χ0n) is 21.9. The number of aryl methyl sites for hydroxylation is 1. The first-order valence-electron chi connectivity index (χ1n) is 12.5. The molecule has 1 aromatic carbocycles. The molecular weight excluding hydrogens is 523 g/mol. The molecule has 1 aliphatic heterocycles. The molecule has 4 aromatic heterocycles. The number of hydrogen-bond acceptors (Lipinski definition) is 8. The van der Waals surface area contributed by atoms with E-state index in [0.717, 1.165) is 16.9 Å². The second-order valence-corrected chi connectivity index (χ2v) is 9.77. The Balaban J connectivity index is 1.43. The number of nitrogens with zero attached hydrogens (tertiary/aromatic N) is 8. The first-order valence-corrected chi connectivity index (χ1v) is 12.5. The Morgan fingerprint density at radius 2 is 1.90 bits per heavy atom. The molecule has 6 rings (SSSR count). The fraction of sp³-hybridized carbons (Fsp3) is 0.259. The lowest BCUT2D eigenvalue weighted by atomic mass is 10.1. The van der Waals surface area contributed by atoms with Crippen molar-refractivity contribution in [2.24, 2.45) is 0 Å². The highest BCUT2D eigenvalue weighted by molar-refractivity contribution is 5.97. The Morgan fingerprint density at radius 3 is 2.62 bits per heavy atom. The normalized spacial score (nSPS) is 13.9. The van der Waals surface area contributed by atoms with Gasteiger partial charge in [0.1, 0.15) is 12.1 Å². The number of benzene rings is 1. The summed E-state index contributed by atoms with van der Waals surface area (Å²) < 4.78 is 44.8. The van der Waals surface area contributed by atoms with E-state index in [1.54, 1.807) is 30.1 Å². The van der Waals surface area contributed by atoms with Gasteiger partial charge in [0, 0.05) is 30.8 Å². The standard InChI is InChI=1S/C27H24F3N9O/c1-15-4-8-23(35-34-15)32-17-5-7-22-20(12-17)31-14-38(22)24-9-6-18(16(2)40)26(33-24)39-21-10-11-37(3)13-19(21)25(36-39)27(28,29)30/h4-9,12,14H,10-11,13H2,1-3H3,(H,32,35). The highest BCUT2D eigenvalue weighted by atomic mass is 19.4. The number of halogens is 3. The third-order valence-corrected chi connectivity index (χ3v) is 6.82. The molecule has 13 heteroatoms. The van der Waals surface area contributed by atoms with E-state index in [0.29, 0.717) is 35.8 Å². The summed E-state index contributed by atoms with van der Waals surface area (Å²) in [5.74, 6) is 0.699. The van der Waals surface area contributed by atoms with E-state index in [4.69, 9.17) is 0 Å². The van der Waals surface area contributed by atoms with Gasteiger partial charge in [0.15, 0.2) is 23.1 Å². The lowest BCUT2D eigenvalue weighted by Crippen LogP contribution is -2.28. The van der Waals surface area contributed by atoms with E-state index >= 15 is 0 Å². The molecule has 0 saturated carbocycles. The molecule has 0 unspecified atom stereocenters. The van der Waals surface area contributed by atoms with Gasteiger partial charge in [-0.25, -0.2) is 14.6 Å². The number of pyridine rings is 1. The maximum absolute atomic E-state index is 13.9. The summed E-state index contributed by atoms with van der Waals surface area (Å²) in [6.45, 7) is 3.87. The highest BCUT2D eigenvalue weighted by Gasteiger charge is 2.41. The molecule has 0 aliphatic carbocycles. The van der Waals surface area contributed by atoms with Crippen molar-refractivity contribution in [1.82, 2.24) is 39.4 Å². The Bertz CT molecular complexity index is 1760. The number of nitrogens with one attached hydrogen (secondary N) is 1. The van der Waals surface area contributed by atoms with Gasteiger partial charge in [-0.05, 0) is 63.4 Å². The van der Waals surface area contributed by atoms with Gasteiger partial charge in [-0.1, -0.05) is 0 Å². The van der Waals surface area contributed by atoms with E-state index in [-0.39, 0.29) is 29.3 Å². The smallest absolute Gasteiger partial charge is 0.339 e. The molecule has 1 N–H and O–H groups in total. The number of imidazole rings is 1. The summed E-state index contributed by atoms with van der Waals surface area (Å²) >= 11 is 0. The minimum absolute atomic E-state index is 0.0550. The van der Waals surface area contributed by atoms with Gasteiger partial charge in [0.25, 0.3) is 0 Å². The predicted molar refractivity (Wildman–Crippen MR) is 141 cm³/mol. The third kappa shape index (κ3) is 4.57. The number of aromatic nitrogens is 7. The predicted octanol–water partition coefficient (Wildman–Crippen LogP) is 4.66. The van der Waals surface area contributed by atoms with Gasteiger partial charge in [-0.2, -0.15) is 23.4 Å². The molecule has 40 heavy (non-hydrogen) atoms. The topological polar surface area (TPSA) is 107 Å². The second kappa shape index (κ2) is 9.52. The number of hydrogen-bond donors (Lipinski definition) is 1. The first-order chi connectivity index (χ1) is 19.1. The fourth-order valence-electron chi connectivity index (χ4n) is 4.85. The van der Waals surface area contributed by atoms with Crippen molar-refractivity contribution >= 4 is 28.3 Å². The van der Waals surface area contributed by atoms with Crippen LogP contribution in [0.3, 0.4) is 0 Å². The number of alkyl halides is 3. The first kappa shape index (κ1) is 25.6. The average Bonchev–Trinajstić information content (AvgIpc) is 3.51. The number of fused-ring (bicyclic) bond motifs is 2. The molecule has 0 spiro atoms. The molecule has 10 nitrogen and oxygen atoms in total. The maximum atomic E-state index is 13.9. The van der Waals surface area contributed by atoms with Crippen LogP contribution in [0.15, 0.2) is 48.8 Å². The van der Waals surface area contributed by atoms with E-state index in [2.05, 4.69) is 30.6 Å². The lowest BCUT2D eigenvalue weighted by Gasteiger charge is -2.24. The van der Waals surface area contributed by atoms with Crippen molar-refractivity contribution in [3.63, 3.8) is 0 Å². The van der Waals surface area contributed by atoms with Crippen molar-refractivity contribution in [1.29, 1.82) is 0 Å². The highest BCUT2D eigenvalue weighted by Crippen LogP contribution is 2.36. The van der Waals surface area contributed by atoms with Gasteiger partial charge in [0.05, 0.1) is 28.0 Å². The Labute approximate surface area is 226 Å². The lowest BCUT2D eigenvalue weighted by molar-refractivity contribution is -0.142. The number of Topliss-reactive ketones (excluding diaryl/α,β-unsaturated/α-hetero) is 1. The Hall–Kier alpha value is -4.65. The largest absolute Gasteiger partial charge is 0.435 e. The molecule has 5 heterocycles. The van der Waals surface area contributed by atoms with Crippen LogP contribution in [0.1, 0.15) is 39.9 Å². The number of likely N-dealkylation sites (N-methyl/N-ethyl adjacent to an activating group) is 1. The minimum Gasteiger partial charge on any atom is -0.339 e. The van der Waals surface area contributed by atoms with Gasteiger partial charge in [-0.15, -0.1) is 5.10 Å². The van der Waals surface area contributed by atoms with Crippen LogP contribution in [0.4, 0.5) is 24.7 Å². The number of carbonyl (C=O) groups is 1. The van der Waals surface area contributed by atoms with E-state index in [9.17, 15) is 18.0 Å². The van der Waals surface area contributed by atoms with Gasteiger partial charge in [-0.3, -0.25) is 9.36 Å². The van der Waals surface area contributed by atoms with Gasteiger partial charge in [0.2, 0.25) is 0 Å². The summed E-state index contributed by atoms with van der Waals surface area (Å²) in [7, 11) is 1.76. The van der Waals surface area contributed by atoms with Crippen molar-refractivity contribution in [2.75, 3.05) is 18.9 Å². The van der Waals surface area contributed by atoms with Crippen LogP contribution in [-0.4, -0.2) is 58.8 Å². The van der Waals surface area contributed by atoms with E-state index < -0.39 is 11.9 Å². The quantitative estimate of drug-likeness (QED) is 0.317. The SMILES string of the molecule is CC(=O)c1ccc(-n2cnc3cc(Nc4ccc(C)nn4)ccc32)nc1-n1nc(C(F)(F)F)c2c1CCN(C)C2. The van der Waals surface area contributed by atoms with Crippen molar-refractivity contribution in [3.8, 4) is 11.6 Å². The molecule has 204 valence electrons. The molecule has 5 aromatic rings. The molecule has 0 bridgehead atoms. The van der Waals surface area contributed by atoms with Crippen LogP contribution in [-0.2, 0) is 19.1 Å². The van der Waals surface area contributed by atoms with Crippen LogP contribution in [0.25, 0.3) is 22.7 Å². The van der Waals surface area contributed by atoms with Gasteiger partial charge >= 0.3 is 6.18 Å². The molecule has 0 amide bonds. The molecular formula is C27H24F3N9O. The summed E-state index contributed by atoms with van der Waals surface area (Å²) in [5.41, 5.74) is 2.66.